The molecule has 1 atom stereocenters. The van der Waals surface area contributed by atoms with Crippen LogP contribution in [0.1, 0.15) is 24.4 Å². The lowest BCUT2D eigenvalue weighted by atomic mass is 10.1. The normalized spacial score (nSPS) is 18.4. The number of hydrogen-bond donors (Lipinski definition) is 2. The van der Waals surface area contributed by atoms with Crippen LogP contribution in [0.4, 0.5) is 24.8 Å². The zero-order valence-corrected chi connectivity index (χ0v) is 11.3. The van der Waals surface area contributed by atoms with E-state index >= 15 is 0 Å². The summed E-state index contributed by atoms with van der Waals surface area (Å²) in [5.41, 5.74) is -0.741. The first-order chi connectivity index (χ1) is 9.97. The van der Waals surface area contributed by atoms with Crippen LogP contribution in [-0.2, 0) is 12.7 Å². The highest BCUT2D eigenvalue weighted by Crippen LogP contribution is 2.36. The Morgan fingerprint density at radius 1 is 1.29 bits per heavy atom. The summed E-state index contributed by atoms with van der Waals surface area (Å²) in [4.78, 5) is 0. The lowest BCUT2D eigenvalue weighted by Crippen LogP contribution is -2.32. The number of nitrogens with zero attached hydrogens (tertiary/aromatic N) is 3. The van der Waals surface area contributed by atoms with Crippen LogP contribution in [0.5, 0.6) is 0 Å². The standard InChI is InChI=1S/C13H14F3N5/c1-8-6-17-7-11-19-20-12(21(8)11)18-10-5-3-2-4-9(10)13(14,15)16/h2-5,8,17H,6-7H2,1H3,(H,18,20). The molecule has 0 amide bonds. The van der Waals surface area contributed by atoms with Crippen LogP contribution in [0, 0.1) is 0 Å². The van der Waals surface area contributed by atoms with Crippen molar-refractivity contribution in [1.29, 1.82) is 0 Å². The fourth-order valence-electron chi connectivity index (χ4n) is 2.44. The zero-order valence-electron chi connectivity index (χ0n) is 11.3. The molecule has 2 aromatic rings. The second-order valence-electron chi connectivity index (χ2n) is 4.96. The van der Waals surface area contributed by atoms with Crippen molar-refractivity contribution >= 4 is 11.6 Å². The van der Waals surface area contributed by atoms with Crippen LogP contribution < -0.4 is 10.6 Å². The molecule has 2 N–H and O–H groups in total. The number of para-hydroxylation sites is 1. The van der Waals surface area contributed by atoms with E-state index in [1.54, 1.807) is 6.07 Å². The van der Waals surface area contributed by atoms with Crippen molar-refractivity contribution in [2.24, 2.45) is 0 Å². The van der Waals surface area contributed by atoms with Gasteiger partial charge in [0.1, 0.15) is 5.82 Å². The summed E-state index contributed by atoms with van der Waals surface area (Å²) >= 11 is 0. The van der Waals surface area contributed by atoms with E-state index in [1.165, 1.54) is 12.1 Å². The first-order valence-corrected chi connectivity index (χ1v) is 6.54. The van der Waals surface area contributed by atoms with Gasteiger partial charge >= 0.3 is 6.18 Å². The maximum atomic E-state index is 13.0. The molecule has 3 rings (SSSR count). The summed E-state index contributed by atoms with van der Waals surface area (Å²) < 4.78 is 40.8. The predicted octanol–water partition coefficient (Wildman–Crippen LogP) is 2.70. The average molecular weight is 297 g/mol. The van der Waals surface area contributed by atoms with E-state index in [0.717, 1.165) is 12.6 Å². The Morgan fingerprint density at radius 2 is 2.05 bits per heavy atom. The van der Waals surface area contributed by atoms with Gasteiger partial charge in [-0.1, -0.05) is 12.1 Å². The topological polar surface area (TPSA) is 54.8 Å². The van der Waals surface area contributed by atoms with Crippen LogP contribution >= 0.6 is 0 Å². The molecular weight excluding hydrogens is 283 g/mol. The summed E-state index contributed by atoms with van der Waals surface area (Å²) in [6, 6.07) is 5.41. The summed E-state index contributed by atoms with van der Waals surface area (Å²) in [5.74, 6) is 1.04. The van der Waals surface area contributed by atoms with Crippen molar-refractivity contribution in [2.45, 2.75) is 25.7 Å². The summed E-state index contributed by atoms with van der Waals surface area (Å²) in [6.07, 6.45) is -4.42. The third-order valence-corrected chi connectivity index (χ3v) is 3.41. The zero-order chi connectivity index (χ0) is 15.0. The van der Waals surface area contributed by atoms with Gasteiger partial charge in [-0.3, -0.25) is 4.57 Å². The van der Waals surface area contributed by atoms with Gasteiger partial charge in [0.15, 0.2) is 0 Å². The Hall–Kier alpha value is -2.09. The quantitative estimate of drug-likeness (QED) is 0.895. The minimum absolute atomic E-state index is 0.0223. The highest BCUT2D eigenvalue weighted by Gasteiger charge is 2.33. The van der Waals surface area contributed by atoms with E-state index in [-0.39, 0.29) is 11.7 Å². The Bertz CT molecular complexity index is 649. The molecule has 21 heavy (non-hydrogen) atoms. The number of rotatable bonds is 2. The molecule has 2 heterocycles. The van der Waals surface area contributed by atoms with Crippen molar-refractivity contribution in [3.8, 4) is 0 Å². The highest BCUT2D eigenvalue weighted by molar-refractivity contribution is 5.59. The lowest BCUT2D eigenvalue weighted by Gasteiger charge is -2.24. The number of alkyl halides is 3. The van der Waals surface area contributed by atoms with E-state index in [1.807, 2.05) is 11.5 Å². The van der Waals surface area contributed by atoms with Crippen LogP contribution in [0.2, 0.25) is 0 Å². The maximum absolute atomic E-state index is 13.0. The Morgan fingerprint density at radius 3 is 2.81 bits per heavy atom. The van der Waals surface area contributed by atoms with Gasteiger partial charge in [0.2, 0.25) is 5.95 Å². The van der Waals surface area contributed by atoms with Gasteiger partial charge < -0.3 is 10.6 Å². The van der Waals surface area contributed by atoms with Crippen LogP contribution in [0.3, 0.4) is 0 Å². The lowest BCUT2D eigenvalue weighted by molar-refractivity contribution is -0.136. The number of halogens is 3. The molecule has 0 saturated carbocycles. The largest absolute Gasteiger partial charge is 0.418 e. The minimum atomic E-state index is -4.42. The van der Waals surface area contributed by atoms with Gasteiger partial charge in [-0.05, 0) is 19.1 Å². The monoisotopic (exact) mass is 297 g/mol. The number of fused-ring (bicyclic) bond motifs is 1. The molecule has 1 aromatic carbocycles. The van der Waals surface area contributed by atoms with Gasteiger partial charge in [0, 0.05) is 12.6 Å². The van der Waals surface area contributed by atoms with Crippen molar-refractivity contribution in [2.75, 3.05) is 11.9 Å². The molecular formula is C13H14F3N5. The van der Waals surface area contributed by atoms with E-state index in [9.17, 15) is 13.2 Å². The molecule has 1 unspecified atom stereocenters. The van der Waals surface area contributed by atoms with Crippen molar-refractivity contribution in [1.82, 2.24) is 20.1 Å². The van der Waals surface area contributed by atoms with E-state index in [4.69, 9.17) is 0 Å². The highest BCUT2D eigenvalue weighted by atomic mass is 19.4. The molecule has 0 aliphatic carbocycles. The average Bonchev–Trinajstić information content (AvgIpc) is 2.83. The van der Waals surface area contributed by atoms with Gasteiger partial charge in [-0.25, -0.2) is 0 Å². The maximum Gasteiger partial charge on any atom is 0.418 e. The molecule has 1 aromatic heterocycles. The van der Waals surface area contributed by atoms with Crippen LogP contribution in [-0.4, -0.2) is 21.3 Å². The number of hydrogen-bond acceptors (Lipinski definition) is 4. The van der Waals surface area contributed by atoms with Crippen LogP contribution in [0.15, 0.2) is 24.3 Å². The fraction of sp³-hybridized carbons (Fsp3) is 0.385. The first-order valence-electron chi connectivity index (χ1n) is 6.54. The van der Waals surface area contributed by atoms with Gasteiger partial charge in [0.25, 0.3) is 0 Å². The number of aromatic nitrogens is 3. The van der Waals surface area contributed by atoms with Gasteiger partial charge in [-0.2, -0.15) is 13.2 Å². The number of anilines is 2. The molecule has 0 spiro atoms. The molecule has 0 bridgehead atoms. The third-order valence-electron chi connectivity index (χ3n) is 3.41. The first kappa shape index (κ1) is 13.9. The second kappa shape index (κ2) is 5.03. The minimum Gasteiger partial charge on any atom is -0.324 e. The number of nitrogens with one attached hydrogen (secondary N) is 2. The van der Waals surface area contributed by atoms with E-state index < -0.39 is 11.7 Å². The molecule has 0 fully saturated rings. The van der Waals surface area contributed by atoms with Crippen molar-refractivity contribution in [3.05, 3.63) is 35.7 Å². The number of benzene rings is 1. The Balaban J connectivity index is 1.97. The summed E-state index contributed by atoms with van der Waals surface area (Å²) in [7, 11) is 0. The molecule has 8 heteroatoms. The summed E-state index contributed by atoms with van der Waals surface area (Å²) in [5, 5.41) is 13.9. The fourth-order valence-corrected chi connectivity index (χ4v) is 2.44. The molecule has 0 radical (unpaired) electrons. The molecule has 112 valence electrons. The molecule has 0 saturated heterocycles. The van der Waals surface area contributed by atoms with Crippen molar-refractivity contribution in [3.63, 3.8) is 0 Å². The SMILES string of the molecule is CC1CNCc2nnc(Nc3ccccc3C(F)(F)F)n21. The van der Waals surface area contributed by atoms with E-state index in [0.29, 0.717) is 18.3 Å². The van der Waals surface area contributed by atoms with Gasteiger partial charge in [-0.15, -0.1) is 10.2 Å². The smallest absolute Gasteiger partial charge is 0.324 e. The van der Waals surface area contributed by atoms with E-state index in [2.05, 4.69) is 20.8 Å². The third kappa shape index (κ3) is 2.58. The Labute approximate surface area is 119 Å². The second-order valence-corrected chi connectivity index (χ2v) is 4.96. The molecule has 5 nitrogen and oxygen atoms in total. The van der Waals surface area contributed by atoms with Crippen LogP contribution in [0.25, 0.3) is 0 Å². The molecule has 1 aliphatic rings. The van der Waals surface area contributed by atoms with Crippen molar-refractivity contribution < 1.29 is 13.2 Å². The van der Waals surface area contributed by atoms with Gasteiger partial charge in [0.05, 0.1) is 17.8 Å². The molecule has 1 aliphatic heterocycles. The predicted molar refractivity (Wildman–Crippen MR) is 71.2 cm³/mol. The Kier molecular flexibility index (Phi) is 3.32. The summed E-state index contributed by atoms with van der Waals surface area (Å²) in [6.45, 7) is 3.24.